The molecule has 1 aliphatic carbocycles. The number of amides is 1. The second-order valence-electron chi connectivity index (χ2n) is 5.90. The molecule has 1 fully saturated rings. The molecular weight excluding hydrogens is 364 g/mol. The molecule has 0 radical (unpaired) electrons. The summed E-state index contributed by atoms with van der Waals surface area (Å²) in [6.45, 7) is 1.16. The molecule has 0 bridgehead atoms. The third-order valence-corrected chi connectivity index (χ3v) is 5.10. The fourth-order valence-electron chi connectivity index (χ4n) is 3.05. The highest BCUT2D eigenvalue weighted by Gasteiger charge is 2.32. The molecule has 0 atom stereocenters. The van der Waals surface area contributed by atoms with Gasteiger partial charge in [-0.15, -0.1) is 0 Å². The van der Waals surface area contributed by atoms with E-state index in [-0.39, 0.29) is 5.91 Å². The van der Waals surface area contributed by atoms with Crippen LogP contribution in [0.5, 0.6) is 0 Å². The normalized spacial score (nSPS) is 17.0. The number of hydrogen-bond donors (Lipinski definition) is 0. The zero-order valence-corrected chi connectivity index (χ0v) is 14.2. The summed E-state index contributed by atoms with van der Waals surface area (Å²) in [6, 6.07) is 7.89. The van der Waals surface area contributed by atoms with Crippen LogP contribution in [0.4, 0.5) is 0 Å². The van der Waals surface area contributed by atoms with Crippen molar-refractivity contribution in [1.29, 1.82) is 0 Å². The molecule has 1 aromatic heterocycles. The molecule has 112 valence electrons. The topological polar surface area (TPSA) is 33.2 Å². The number of pyridine rings is 1. The lowest BCUT2D eigenvalue weighted by Gasteiger charge is -2.19. The molecule has 0 saturated heterocycles. The summed E-state index contributed by atoms with van der Waals surface area (Å²) < 4.78 is 1.00. The highest BCUT2D eigenvalue weighted by Crippen LogP contribution is 2.45. The van der Waals surface area contributed by atoms with Crippen LogP contribution < -0.4 is 0 Å². The van der Waals surface area contributed by atoms with Gasteiger partial charge < -0.3 is 4.90 Å². The zero-order valence-electron chi connectivity index (χ0n) is 11.9. The van der Waals surface area contributed by atoms with E-state index in [1.807, 2.05) is 23.1 Å². The van der Waals surface area contributed by atoms with Crippen molar-refractivity contribution in [3.8, 4) is 0 Å². The molecular formula is C17H14BrClN2O. The highest BCUT2D eigenvalue weighted by atomic mass is 79.9. The van der Waals surface area contributed by atoms with Gasteiger partial charge in [0.05, 0.1) is 0 Å². The Bertz CT molecular complexity index is 773. The maximum Gasteiger partial charge on any atom is 0.273 e. The molecule has 2 aliphatic rings. The Morgan fingerprint density at radius 1 is 1.36 bits per heavy atom. The van der Waals surface area contributed by atoms with Gasteiger partial charge in [-0.25, -0.2) is 0 Å². The number of rotatable bonds is 3. The Hall–Kier alpha value is -1.39. The lowest BCUT2D eigenvalue weighted by molar-refractivity contribution is 0.0762. The van der Waals surface area contributed by atoms with E-state index in [9.17, 15) is 4.79 Å². The van der Waals surface area contributed by atoms with Crippen molar-refractivity contribution in [2.45, 2.75) is 31.8 Å². The first kappa shape index (κ1) is 14.2. The largest absolute Gasteiger partial charge is 0.328 e. The Balaban J connectivity index is 1.67. The average Bonchev–Trinajstić information content (AvgIpc) is 3.28. The van der Waals surface area contributed by atoms with Gasteiger partial charge in [0.25, 0.3) is 5.91 Å². The monoisotopic (exact) mass is 376 g/mol. The Labute approximate surface area is 142 Å². The van der Waals surface area contributed by atoms with Gasteiger partial charge >= 0.3 is 0 Å². The van der Waals surface area contributed by atoms with Crippen molar-refractivity contribution in [1.82, 2.24) is 9.88 Å². The zero-order chi connectivity index (χ0) is 15.3. The molecule has 1 saturated carbocycles. The number of nitrogens with zero attached hydrogens (tertiary/aromatic N) is 2. The first-order chi connectivity index (χ1) is 10.6. The lowest BCUT2D eigenvalue weighted by atomic mass is 10.0. The molecule has 2 aromatic rings. The molecule has 2 heterocycles. The molecule has 1 aliphatic heterocycles. The summed E-state index contributed by atoms with van der Waals surface area (Å²) in [5.74, 6) is 0.583. The summed E-state index contributed by atoms with van der Waals surface area (Å²) in [7, 11) is 0. The SMILES string of the molecule is O=C1c2ncccc2CN1Cc1c(Cl)cc(Br)cc1C1CC1. The van der Waals surface area contributed by atoms with E-state index >= 15 is 0 Å². The van der Waals surface area contributed by atoms with Gasteiger partial charge in [-0.3, -0.25) is 9.78 Å². The van der Waals surface area contributed by atoms with E-state index < -0.39 is 0 Å². The third kappa shape index (κ3) is 2.44. The van der Waals surface area contributed by atoms with Gasteiger partial charge in [0, 0.05) is 34.3 Å². The summed E-state index contributed by atoms with van der Waals surface area (Å²) in [6.07, 6.45) is 4.08. The second-order valence-corrected chi connectivity index (χ2v) is 7.22. The molecule has 0 unspecified atom stereocenters. The minimum Gasteiger partial charge on any atom is -0.328 e. The van der Waals surface area contributed by atoms with Crippen molar-refractivity contribution < 1.29 is 4.79 Å². The van der Waals surface area contributed by atoms with Crippen molar-refractivity contribution in [3.05, 3.63) is 62.3 Å². The number of benzene rings is 1. The van der Waals surface area contributed by atoms with Crippen molar-refractivity contribution in [3.63, 3.8) is 0 Å². The highest BCUT2D eigenvalue weighted by molar-refractivity contribution is 9.10. The smallest absolute Gasteiger partial charge is 0.273 e. The van der Waals surface area contributed by atoms with Crippen molar-refractivity contribution in [2.75, 3.05) is 0 Å². The van der Waals surface area contributed by atoms with E-state index in [1.54, 1.807) is 6.20 Å². The third-order valence-electron chi connectivity index (χ3n) is 4.30. The molecule has 3 nitrogen and oxygen atoms in total. The average molecular weight is 378 g/mol. The fourth-order valence-corrected chi connectivity index (χ4v) is 3.95. The molecule has 5 heteroatoms. The summed E-state index contributed by atoms with van der Waals surface area (Å²) in [4.78, 5) is 18.5. The molecule has 22 heavy (non-hydrogen) atoms. The van der Waals surface area contributed by atoms with Crippen LogP contribution in [0.3, 0.4) is 0 Å². The van der Waals surface area contributed by atoms with Gasteiger partial charge in [-0.05, 0) is 48.1 Å². The van der Waals surface area contributed by atoms with Gasteiger partial charge in [0.2, 0.25) is 0 Å². The predicted molar refractivity (Wildman–Crippen MR) is 88.9 cm³/mol. The molecule has 0 N–H and O–H groups in total. The van der Waals surface area contributed by atoms with E-state index in [2.05, 4.69) is 27.0 Å². The van der Waals surface area contributed by atoms with E-state index in [1.165, 1.54) is 18.4 Å². The van der Waals surface area contributed by atoms with E-state index in [0.717, 1.165) is 20.6 Å². The lowest BCUT2D eigenvalue weighted by Crippen LogP contribution is -2.24. The van der Waals surface area contributed by atoms with Gasteiger partial charge in [0.15, 0.2) is 0 Å². The summed E-state index contributed by atoms with van der Waals surface area (Å²) in [5, 5.41) is 0.730. The van der Waals surface area contributed by atoms with Crippen LogP contribution in [0.15, 0.2) is 34.9 Å². The number of halogens is 2. The molecule has 4 rings (SSSR count). The molecule has 0 spiro atoms. The minimum absolute atomic E-state index is 0.00340. The summed E-state index contributed by atoms with van der Waals surface area (Å²) >= 11 is 9.98. The fraction of sp³-hybridized carbons (Fsp3) is 0.294. The Kier molecular flexibility index (Phi) is 3.46. The van der Waals surface area contributed by atoms with Crippen LogP contribution in [0, 0.1) is 0 Å². The number of aromatic nitrogens is 1. The van der Waals surface area contributed by atoms with E-state index in [0.29, 0.717) is 24.7 Å². The number of carbonyl (C=O) groups excluding carboxylic acids is 1. The second kappa shape index (κ2) is 5.36. The van der Waals surface area contributed by atoms with Crippen LogP contribution in [0.1, 0.15) is 45.9 Å². The van der Waals surface area contributed by atoms with Gasteiger partial charge in [0.1, 0.15) is 5.69 Å². The number of carbonyl (C=O) groups is 1. The minimum atomic E-state index is -0.00340. The van der Waals surface area contributed by atoms with Crippen LogP contribution in [0.25, 0.3) is 0 Å². The van der Waals surface area contributed by atoms with E-state index in [4.69, 9.17) is 11.6 Å². The summed E-state index contributed by atoms with van der Waals surface area (Å²) in [5.41, 5.74) is 3.92. The number of fused-ring (bicyclic) bond motifs is 1. The van der Waals surface area contributed by atoms with Crippen molar-refractivity contribution in [2.24, 2.45) is 0 Å². The van der Waals surface area contributed by atoms with Gasteiger partial charge in [-0.2, -0.15) is 0 Å². The molecule has 1 amide bonds. The van der Waals surface area contributed by atoms with Crippen molar-refractivity contribution >= 4 is 33.4 Å². The van der Waals surface area contributed by atoms with Crippen LogP contribution >= 0.6 is 27.5 Å². The quantitative estimate of drug-likeness (QED) is 0.787. The van der Waals surface area contributed by atoms with Gasteiger partial charge in [-0.1, -0.05) is 33.6 Å². The van der Waals surface area contributed by atoms with Crippen LogP contribution in [-0.4, -0.2) is 15.8 Å². The first-order valence-electron chi connectivity index (χ1n) is 7.34. The Morgan fingerprint density at radius 3 is 2.91 bits per heavy atom. The predicted octanol–water partition coefficient (Wildman–Crippen LogP) is 4.53. The molecule has 1 aromatic carbocycles. The first-order valence-corrected chi connectivity index (χ1v) is 8.51. The van der Waals surface area contributed by atoms with Crippen LogP contribution in [-0.2, 0) is 13.1 Å². The maximum atomic E-state index is 12.5. The van der Waals surface area contributed by atoms with Crippen LogP contribution in [0.2, 0.25) is 5.02 Å². The number of hydrogen-bond acceptors (Lipinski definition) is 2. The standard InChI is InChI=1S/C17H14BrClN2O/c18-12-6-13(10-3-4-10)14(15(19)7-12)9-21-8-11-2-1-5-20-16(11)17(21)22/h1-2,5-7,10H,3-4,8-9H2. The maximum absolute atomic E-state index is 12.5. The Morgan fingerprint density at radius 2 is 2.18 bits per heavy atom.